The van der Waals surface area contributed by atoms with E-state index in [1.54, 1.807) is 0 Å². The summed E-state index contributed by atoms with van der Waals surface area (Å²) in [5.41, 5.74) is 1.98. The number of hydrogen-bond donors (Lipinski definition) is 0. The Morgan fingerprint density at radius 2 is 1.50 bits per heavy atom. The Kier molecular flexibility index (Phi) is 4.75. The van der Waals surface area contributed by atoms with E-state index in [4.69, 9.17) is 11.6 Å². The lowest BCUT2D eigenvalue weighted by molar-refractivity contribution is 0.108. The van der Waals surface area contributed by atoms with Crippen molar-refractivity contribution in [2.45, 2.75) is 38.8 Å². The molecule has 0 bridgehead atoms. The van der Waals surface area contributed by atoms with E-state index in [0.29, 0.717) is 16.6 Å². The van der Waals surface area contributed by atoms with Crippen LogP contribution in [0.1, 0.15) is 38.1 Å². The minimum absolute atomic E-state index is 0.380. The van der Waals surface area contributed by atoms with Gasteiger partial charge in [-0.3, -0.25) is 4.79 Å². The topological polar surface area (TPSA) is 17.1 Å². The minimum atomic E-state index is -0.552. The first-order valence-corrected chi connectivity index (χ1v) is 7.63. The summed E-state index contributed by atoms with van der Waals surface area (Å²) in [5.74, 6) is 0. The number of benzene rings is 1. The molecule has 0 aromatic heterocycles. The third-order valence-electron chi connectivity index (χ3n) is 2.69. The Bertz CT molecular complexity index is 349. The summed E-state index contributed by atoms with van der Waals surface area (Å²) in [6.45, 7) is 9.09. The highest BCUT2D eigenvalue weighted by molar-refractivity contribution is 6.75. The number of halogens is 1. The van der Waals surface area contributed by atoms with Gasteiger partial charge in [-0.25, -0.2) is 0 Å². The molecule has 0 aliphatic rings. The van der Waals surface area contributed by atoms with Crippen LogP contribution in [0.3, 0.4) is 0 Å². The highest BCUT2D eigenvalue weighted by atomic mass is 35.5. The zero-order valence-corrected chi connectivity index (χ0v) is 12.0. The third-order valence-corrected chi connectivity index (χ3v) is 6.40. The molecule has 0 fully saturated rings. The maximum absolute atomic E-state index is 11.0. The molecule has 0 aliphatic heterocycles. The Morgan fingerprint density at radius 1 is 1.06 bits per heavy atom. The van der Waals surface area contributed by atoms with Gasteiger partial charge >= 0.3 is 0 Å². The zero-order valence-electron chi connectivity index (χ0n) is 10.3. The van der Waals surface area contributed by atoms with Gasteiger partial charge in [-0.15, -0.1) is 0 Å². The van der Waals surface area contributed by atoms with Crippen LogP contribution in [-0.2, 0) is 0 Å². The van der Waals surface area contributed by atoms with Gasteiger partial charge in [0.05, 0.1) is 8.80 Å². The summed E-state index contributed by atoms with van der Waals surface area (Å²) in [5, 5.41) is 1.01. The van der Waals surface area contributed by atoms with Crippen LogP contribution in [0, 0.1) is 0 Å². The molecule has 0 amide bonds. The second-order valence-corrected chi connectivity index (χ2v) is 8.76. The predicted octanol–water partition coefficient (Wildman–Crippen LogP) is 3.59. The Morgan fingerprint density at radius 3 is 1.81 bits per heavy atom. The fourth-order valence-electron chi connectivity index (χ4n) is 2.13. The summed E-state index contributed by atoms with van der Waals surface area (Å²) in [4.78, 5) is 11.0. The molecule has 1 aromatic carbocycles. The molecule has 1 rings (SSSR count). The fourth-order valence-corrected chi connectivity index (χ4v) is 5.47. The number of hydrogen-bond acceptors (Lipinski definition) is 1. The Hall–Kier alpha value is -0.603. The molecule has 0 saturated heterocycles. The minimum Gasteiger partial charge on any atom is -0.276 e. The smallest absolute Gasteiger partial charge is 0.252 e. The average molecular weight is 254 g/mol. The van der Waals surface area contributed by atoms with Crippen LogP contribution >= 0.6 is 11.6 Å². The van der Waals surface area contributed by atoms with Gasteiger partial charge < -0.3 is 0 Å². The molecule has 0 heterocycles. The lowest BCUT2D eigenvalue weighted by Crippen LogP contribution is -2.35. The van der Waals surface area contributed by atoms with Crippen molar-refractivity contribution in [3.63, 3.8) is 0 Å². The van der Waals surface area contributed by atoms with E-state index < -0.39 is 8.80 Å². The van der Waals surface area contributed by atoms with Crippen molar-refractivity contribution in [1.29, 1.82) is 0 Å². The van der Waals surface area contributed by atoms with Gasteiger partial charge in [0, 0.05) is 5.56 Å². The van der Waals surface area contributed by atoms with E-state index in [2.05, 4.69) is 39.8 Å². The molecule has 0 spiro atoms. The number of carbonyl (C=O) groups is 1. The zero-order chi connectivity index (χ0) is 12.3. The molecular formula is C13H18ClOSi. The number of rotatable bonds is 4. The molecule has 0 saturated carbocycles. The second-order valence-electron chi connectivity index (χ2n) is 4.62. The van der Waals surface area contributed by atoms with Crippen molar-refractivity contribution in [2.24, 2.45) is 0 Å². The molecule has 87 valence electrons. The van der Waals surface area contributed by atoms with Crippen molar-refractivity contribution in [2.75, 3.05) is 0 Å². The van der Waals surface area contributed by atoms with Crippen LogP contribution in [0.15, 0.2) is 24.3 Å². The quantitative estimate of drug-likeness (QED) is 0.592. The van der Waals surface area contributed by atoms with Crippen LogP contribution in [0.25, 0.3) is 0 Å². The summed E-state index contributed by atoms with van der Waals surface area (Å²) in [7, 11) is -0.552. The van der Waals surface area contributed by atoms with Gasteiger partial charge in [-0.2, -0.15) is 0 Å². The van der Waals surface area contributed by atoms with Crippen molar-refractivity contribution in [3.8, 4) is 0 Å². The van der Waals surface area contributed by atoms with Gasteiger partial charge in [0.15, 0.2) is 0 Å². The first kappa shape index (κ1) is 13.5. The van der Waals surface area contributed by atoms with Crippen LogP contribution in [0.4, 0.5) is 0 Å². The van der Waals surface area contributed by atoms with Crippen LogP contribution < -0.4 is 5.19 Å². The lowest BCUT2D eigenvalue weighted by atomic mass is 10.2. The van der Waals surface area contributed by atoms with Gasteiger partial charge in [0.25, 0.3) is 5.24 Å². The van der Waals surface area contributed by atoms with E-state index in [9.17, 15) is 4.79 Å². The normalized spacial score (nSPS) is 11.5. The lowest BCUT2D eigenvalue weighted by Gasteiger charge is -2.23. The molecule has 1 nitrogen and oxygen atoms in total. The fraction of sp³-hybridized carbons (Fsp3) is 0.462. The molecule has 0 unspecified atom stereocenters. The van der Waals surface area contributed by atoms with Gasteiger partial charge in [-0.05, 0) is 22.7 Å². The van der Waals surface area contributed by atoms with E-state index in [0.717, 1.165) is 0 Å². The summed E-state index contributed by atoms with van der Waals surface area (Å²) >= 11 is 5.43. The standard InChI is InChI=1S/C13H18ClOSi/c1-9(2)16(10(3)4)12-7-5-11(6-8-12)13(14)15/h5-10H,1-4H3. The first-order valence-electron chi connectivity index (χ1n) is 5.60. The second kappa shape index (κ2) is 5.64. The third kappa shape index (κ3) is 3.19. The molecule has 16 heavy (non-hydrogen) atoms. The summed E-state index contributed by atoms with van der Waals surface area (Å²) in [6, 6.07) is 7.79. The molecular weight excluding hydrogens is 236 g/mol. The summed E-state index contributed by atoms with van der Waals surface area (Å²) in [6.07, 6.45) is 0. The summed E-state index contributed by atoms with van der Waals surface area (Å²) < 4.78 is 0. The van der Waals surface area contributed by atoms with E-state index in [-0.39, 0.29) is 5.24 Å². The van der Waals surface area contributed by atoms with Crippen molar-refractivity contribution in [3.05, 3.63) is 29.8 Å². The first-order chi connectivity index (χ1) is 7.43. The van der Waals surface area contributed by atoms with Crippen LogP contribution in [-0.4, -0.2) is 14.0 Å². The van der Waals surface area contributed by atoms with Crippen molar-refractivity contribution in [1.82, 2.24) is 0 Å². The maximum Gasteiger partial charge on any atom is 0.252 e. The molecule has 0 atom stereocenters. The molecule has 0 aliphatic carbocycles. The van der Waals surface area contributed by atoms with E-state index in [1.807, 2.05) is 12.1 Å². The molecule has 3 heteroatoms. The molecule has 1 radical (unpaired) electrons. The Labute approximate surface area is 104 Å². The van der Waals surface area contributed by atoms with Crippen LogP contribution in [0.2, 0.25) is 11.1 Å². The van der Waals surface area contributed by atoms with Gasteiger partial charge in [0.2, 0.25) is 0 Å². The van der Waals surface area contributed by atoms with Crippen molar-refractivity contribution >= 4 is 30.8 Å². The predicted molar refractivity (Wildman–Crippen MR) is 72.2 cm³/mol. The highest BCUT2D eigenvalue weighted by Gasteiger charge is 2.21. The van der Waals surface area contributed by atoms with Crippen molar-refractivity contribution < 1.29 is 4.79 Å². The highest BCUT2D eigenvalue weighted by Crippen LogP contribution is 2.20. The monoisotopic (exact) mass is 253 g/mol. The van der Waals surface area contributed by atoms with Gasteiger partial charge in [-0.1, -0.05) is 57.1 Å². The Balaban J connectivity index is 2.99. The van der Waals surface area contributed by atoms with Crippen LogP contribution in [0.5, 0.6) is 0 Å². The molecule has 0 N–H and O–H groups in total. The molecule has 1 aromatic rings. The van der Waals surface area contributed by atoms with E-state index >= 15 is 0 Å². The average Bonchev–Trinajstić information content (AvgIpc) is 2.17. The van der Waals surface area contributed by atoms with E-state index in [1.165, 1.54) is 5.19 Å². The SMILES string of the molecule is CC(C)[Si](c1ccc(C(=O)Cl)cc1)C(C)C. The largest absolute Gasteiger partial charge is 0.276 e. The maximum atomic E-state index is 11.0. The van der Waals surface area contributed by atoms with Gasteiger partial charge in [0.1, 0.15) is 0 Å². The number of carbonyl (C=O) groups excluding carboxylic acids is 1.